The third kappa shape index (κ3) is 3.10. The lowest BCUT2D eigenvalue weighted by atomic mass is 10.2. The minimum Gasteiger partial charge on any atom is -0.293 e. The maximum atomic E-state index is 11.8. The van der Waals surface area contributed by atoms with Crippen molar-refractivity contribution in [3.8, 4) is 0 Å². The third-order valence-electron chi connectivity index (χ3n) is 2.85. The van der Waals surface area contributed by atoms with Crippen LogP contribution in [-0.4, -0.2) is 16.8 Å². The van der Waals surface area contributed by atoms with Gasteiger partial charge >= 0.3 is 0 Å². The molecule has 1 nitrogen and oxygen atoms in total. The minimum atomic E-state index is 0.271. The van der Waals surface area contributed by atoms with Crippen molar-refractivity contribution in [1.29, 1.82) is 0 Å². The van der Waals surface area contributed by atoms with Gasteiger partial charge in [0.05, 0.1) is 5.75 Å². The smallest absolute Gasteiger partial charge is 0.172 e. The number of thioether (sulfide) groups is 1. The summed E-state index contributed by atoms with van der Waals surface area (Å²) in [6.45, 7) is 0. The molecule has 0 atom stereocenters. The van der Waals surface area contributed by atoms with Crippen molar-refractivity contribution in [3.05, 3.63) is 35.9 Å². The van der Waals surface area contributed by atoms with Crippen molar-refractivity contribution < 1.29 is 4.79 Å². The molecule has 0 radical (unpaired) electrons. The highest BCUT2D eigenvalue weighted by atomic mass is 32.2. The lowest BCUT2D eigenvalue weighted by Gasteiger charge is -2.07. The van der Waals surface area contributed by atoms with Gasteiger partial charge < -0.3 is 0 Å². The van der Waals surface area contributed by atoms with Crippen LogP contribution in [0.1, 0.15) is 36.0 Å². The maximum Gasteiger partial charge on any atom is 0.172 e. The van der Waals surface area contributed by atoms with Crippen LogP contribution >= 0.6 is 11.8 Å². The summed E-state index contributed by atoms with van der Waals surface area (Å²) in [5.74, 6) is 0.918. The summed E-state index contributed by atoms with van der Waals surface area (Å²) in [6.07, 6.45) is 5.29. The fourth-order valence-corrected chi connectivity index (χ4v) is 3.18. The van der Waals surface area contributed by atoms with E-state index < -0.39 is 0 Å². The molecule has 0 bridgehead atoms. The molecule has 0 saturated heterocycles. The van der Waals surface area contributed by atoms with Gasteiger partial charge in [-0.1, -0.05) is 43.2 Å². The van der Waals surface area contributed by atoms with E-state index in [4.69, 9.17) is 0 Å². The van der Waals surface area contributed by atoms with E-state index in [1.54, 1.807) is 0 Å². The molecule has 1 aliphatic rings. The van der Waals surface area contributed by atoms with Gasteiger partial charge in [-0.25, -0.2) is 0 Å². The van der Waals surface area contributed by atoms with Gasteiger partial charge in [0.1, 0.15) is 0 Å². The Morgan fingerprint density at radius 2 is 1.87 bits per heavy atom. The lowest BCUT2D eigenvalue weighted by Crippen LogP contribution is -2.06. The Balaban J connectivity index is 1.82. The van der Waals surface area contributed by atoms with Crippen LogP contribution in [0.2, 0.25) is 0 Å². The van der Waals surface area contributed by atoms with E-state index in [9.17, 15) is 4.79 Å². The molecular weight excluding hydrogens is 204 g/mol. The van der Waals surface area contributed by atoms with Crippen molar-refractivity contribution in [1.82, 2.24) is 0 Å². The van der Waals surface area contributed by atoms with E-state index in [2.05, 4.69) is 0 Å². The normalized spacial score (nSPS) is 16.8. The molecule has 1 aromatic rings. The summed E-state index contributed by atoms with van der Waals surface area (Å²) in [7, 11) is 0. The highest BCUT2D eigenvalue weighted by molar-refractivity contribution is 8.00. The first-order valence-electron chi connectivity index (χ1n) is 5.56. The van der Waals surface area contributed by atoms with E-state index in [0.717, 1.165) is 10.8 Å². The molecule has 1 fully saturated rings. The molecule has 0 amide bonds. The SMILES string of the molecule is O=C(CSC1CCCC1)c1ccccc1. The zero-order valence-corrected chi connectivity index (χ0v) is 9.63. The van der Waals surface area contributed by atoms with Crippen LogP contribution in [0.4, 0.5) is 0 Å². The molecule has 0 unspecified atom stereocenters. The molecule has 1 saturated carbocycles. The summed E-state index contributed by atoms with van der Waals surface area (Å²) in [6, 6.07) is 9.59. The van der Waals surface area contributed by atoms with Crippen LogP contribution in [0.3, 0.4) is 0 Å². The molecule has 0 aliphatic heterocycles. The average molecular weight is 220 g/mol. The number of carbonyl (C=O) groups excluding carboxylic acids is 1. The van der Waals surface area contributed by atoms with Gasteiger partial charge in [-0.2, -0.15) is 11.8 Å². The molecule has 1 aromatic carbocycles. The van der Waals surface area contributed by atoms with E-state index >= 15 is 0 Å². The molecule has 0 N–H and O–H groups in total. The third-order valence-corrected chi connectivity index (χ3v) is 4.22. The number of hydrogen-bond acceptors (Lipinski definition) is 2. The van der Waals surface area contributed by atoms with Crippen molar-refractivity contribution in [2.24, 2.45) is 0 Å². The van der Waals surface area contributed by atoms with Crippen LogP contribution in [0, 0.1) is 0 Å². The van der Waals surface area contributed by atoms with E-state index in [1.807, 2.05) is 42.1 Å². The monoisotopic (exact) mass is 220 g/mol. The van der Waals surface area contributed by atoms with Gasteiger partial charge in [0.2, 0.25) is 0 Å². The van der Waals surface area contributed by atoms with Crippen LogP contribution in [-0.2, 0) is 0 Å². The predicted octanol–water partition coefficient (Wildman–Crippen LogP) is 3.55. The van der Waals surface area contributed by atoms with Crippen molar-refractivity contribution >= 4 is 17.5 Å². The van der Waals surface area contributed by atoms with Gasteiger partial charge in [0.25, 0.3) is 0 Å². The number of ketones is 1. The first-order chi connectivity index (χ1) is 7.36. The number of benzene rings is 1. The van der Waals surface area contributed by atoms with Gasteiger partial charge in [0, 0.05) is 10.8 Å². The van der Waals surface area contributed by atoms with Crippen molar-refractivity contribution in [2.45, 2.75) is 30.9 Å². The summed E-state index contributed by atoms with van der Waals surface area (Å²) >= 11 is 1.84. The van der Waals surface area contributed by atoms with Gasteiger partial charge in [0.15, 0.2) is 5.78 Å². The number of hydrogen-bond donors (Lipinski definition) is 0. The average Bonchev–Trinajstić information content (AvgIpc) is 2.80. The standard InChI is InChI=1S/C13H16OS/c14-13(11-6-2-1-3-7-11)10-15-12-8-4-5-9-12/h1-3,6-7,12H,4-5,8-10H2. The lowest BCUT2D eigenvalue weighted by molar-refractivity contribution is 0.102. The van der Waals surface area contributed by atoms with Crippen LogP contribution in [0.15, 0.2) is 30.3 Å². The fraction of sp³-hybridized carbons (Fsp3) is 0.462. The molecule has 1 aliphatic carbocycles. The number of carbonyl (C=O) groups is 1. The zero-order chi connectivity index (χ0) is 10.5. The van der Waals surface area contributed by atoms with Gasteiger partial charge in [-0.3, -0.25) is 4.79 Å². The van der Waals surface area contributed by atoms with E-state index in [-0.39, 0.29) is 5.78 Å². The second kappa shape index (κ2) is 5.36. The van der Waals surface area contributed by atoms with Crippen molar-refractivity contribution in [3.63, 3.8) is 0 Å². The van der Waals surface area contributed by atoms with E-state index in [1.165, 1.54) is 25.7 Å². The Bertz CT molecular complexity index is 315. The second-order valence-corrected chi connectivity index (χ2v) is 5.30. The minimum absolute atomic E-state index is 0.271. The fourth-order valence-electron chi connectivity index (χ4n) is 1.96. The quantitative estimate of drug-likeness (QED) is 0.722. The molecule has 0 heterocycles. The molecule has 0 aromatic heterocycles. The number of rotatable bonds is 4. The summed E-state index contributed by atoms with van der Waals surface area (Å²) in [5, 5.41) is 0.734. The first kappa shape index (κ1) is 10.7. The molecule has 15 heavy (non-hydrogen) atoms. The van der Waals surface area contributed by atoms with Crippen molar-refractivity contribution in [2.75, 3.05) is 5.75 Å². The molecule has 80 valence electrons. The molecule has 2 rings (SSSR count). The highest BCUT2D eigenvalue weighted by Gasteiger charge is 2.16. The van der Waals surface area contributed by atoms with Crippen LogP contribution in [0.5, 0.6) is 0 Å². The molecule has 2 heteroatoms. The predicted molar refractivity (Wildman–Crippen MR) is 65.5 cm³/mol. The summed E-state index contributed by atoms with van der Waals surface area (Å²) in [5.41, 5.74) is 0.850. The molecular formula is C13H16OS. The highest BCUT2D eigenvalue weighted by Crippen LogP contribution is 2.29. The Kier molecular flexibility index (Phi) is 3.84. The Hall–Kier alpha value is -0.760. The van der Waals surface area contributed by atoms with Crippen LogP contribution < -0.4 is 0 Å². The Morgan fingerprint density at radius 3 is 2.53 bits per heavy atom. The second-order valence-electron chi connectivity index (χ2n) is 4.01. The van der Waals surface area contributed by atoms with Gasteiger partial charge in [-0.15, -0.1) is 0 Å². The summed E-state index contributed by atoms with van der Waals surface area (Å²) < 4.78 is 0. The first-order valence-corrected chi connectivity index (χ1v) is 6.61. The van der Waals surface area contributed by atoms with Crippen LogP contribution in [0.25, 0.3) is 0 Å². The Labute approximate surface area is 95.3 Å². The maximum absolute atomic E-state index is 11.8. The van der Waals surface area contributed by atoms with Gasteiger partial charge in [-0.05, 0) is 12.8 Å². The van der Waals surface area contributed by atoms with E-state index in [0.29, 0.717) is 5.75 Å². The Morgan fingerprint density at radius 1 is 1.20 bits per heavy atom. The largest absolute Gasteiger partial charge is 0.293 e. The number of Topliss-reactive ketones (excluding diaryl/α,β-unsaturated/α-hetero) is 1. The zero-order valence-electron chi connectivity index (χ0n) is 8.82. The molecule has 0 spiro atoms. The summed E-state index contributed by atoms with van der Waals surface area (Å²) in [4.78, 5) is 11.8. The topological polar surface area (TPSA) is 17.1 Å².